The van der Waals surface area contributed by atoms with E-state index in [-0.39, 0.29) is 0 Å². The molecular formula is C18H16N6O2. The highest BCUT2D eigenvalue weighted by Crippen LogP contribution is 2.30. The first-order valence-electron chi connectivity index (χ1n) is 7.97. The number of hydrogen-bond donors (Lipinski definition) is 1. The first-order valence-corrected chi connectivity index (χ1v) is 7.97. The minimum atomic E-state index is 0.615. The minimum Gasteiger partial charge on any atom is -0.497 e. The Bertz CT molecular complexity index is 1030. The van der Waals surface area contributed by atoms with E-state index >= 15 is 0 Å². The number of nitrogens with one attached hydrogen (secondary N) is 1. The summed E-state index contributed by atoms with van der Waals surface area (Å²) in [7, 11) is 3.23. The molecule has 0 saturated heterocycles. The van der Waals surface area contributed by atoms with Crippen LogP contribution in [-0.4, -0.2) is 44.8 Å². The number of ether oxygens (including phenoxy) is 2. The van der Waals surface area contributed by atoms with Crippen LogP contribution in [0.1, 0.15) is 11.4 Å². The van der Waals surface area contributed by atoms with Crippen molar-refractivity contribution in [2.45, 2.75) is 6.42 Å². The van der Waals surface area contributed by atoms with Crippen molar-refractivity contribution >= 4 is 10.9 Å². The molecule has 2 aromatic heterocycles. The first kappa shape index (κ1) is 15.9. The summed E-state index contributed by atoms with van der Waals surface area (Å²) in [5.74, 6) is 2.66. The molecule has 0 bridgehead atoms. The standard InChI is InChI=1S/C18H16N6O2/c1-25-13-8-15-14(16(9-13)26-2)10-19-18(20-15)12-5-3-11(4-6-12)7-17-21-23-24-22-17/h3-6,8-10H,7H2,1-2H3,(H,21,22,23,24). The average molecular weight is 348 g/mol. The van der Waals surface area contributed by atoms with Crippen LogP contribution in [0.4, 0.5) is 0 Å². The number of fused-ring (bicyclic) bond motifs is 1. The van der Waals surface area contributed by atoms with Gasteiger partial charge in [-0.2, -0.15) is 5.21 Å². The van der Waals surface area contributed by atoms with E-state index in [4.69, 9.17) is 9.47 Å². The van der Waals surface area contributed by atoms with Crippen LogP contribution in [0.15, 0.2) is 42.6 Å². The van der Waals surface area contributed by atoms with Gasteiger partial charge < -0.3 is 9.47 Å². The van der Waals surface area contributed by atoms with Crippen LogP contribution >= 0.6 is 0 Å². The van der Waals surface area contributed by atoms with Gasteiger partial charge in [0, 0.05) is 30.3 Å². The average Bonchev–Trinajstić information content (AvgIpc) is 3.20. The fourth-order valence-corrected chi connectivity index (χ4v) is 2.72. The normalized spacial score (nSPS) is 10.8. The third kappa shape index (κ3) is 3.04. The van der Waals surface area contributed by atoms with Gasteiger partial charge in [0.05, 0.1) is 25.1 Å². The molecule has 130 valence electrons. The third-order valence-electron chi connectivity index (χ3n) is 4.06. The molecule has 0 aliphatic carbocycles. The zero-order chi connectivity index (χ0) is 17.9. The van der Waals surface area contributed by atoms with Gasteiger partial charge in [-0.05, 0) is 5.56 Å². The van der Waals surface area contributed by atoms with Gasteiger partial charge in [0.25, 0.3) is 0 Å². The Hall–Kier alpha value is -3.55. The second-order valence-corrected chi connectivity index (χ2v) is 5.66. The SMILES string of the molecule is COc1cc(OC)c2cnc(-c3ccc(Cc4nn[nH]n4)cc3)nc2c1. The van der Waals surface area contributed by atoms with Crippen molar-refractivity contribution in [1.82, 2.24) is 30.6 Å². The highest BCUT2D eigenvalue weighted by atomic mass is 16.5. The van der Waals surface area contributed by atoms with Crippen LogP contribution in [0.3, 0.4) is 0 Å². The molecule has 26 heavy (non-hydrogen) atoms. The smallest absolute Gasteiger partial charge is 0.178 e. The molecule has 4 rings (SSSR count). The Balaban J connectivity index is 1.67. The predicted molar refractivity (Wildman–Crippen MR) is 95.1 cm³/mol. The number of benzene rings is 2. The Labute approximate surface area is 149 Å². The molecule has 1 N–H and O–H groups in total. The number of nitrogens with zero attached hydrogens (tertiary/aromatic N) is 5. The zero-order valence-corrected chi connectivity index (χ0v) is 14.3. The van der Waals surface area contributed by atoms with Gasteiger partial charge in [-0.25, -0.2) is 9.97 Å². The molecule has 0 aliphatic rings. The zero-order valence-electron chi connectivity index (χ0n) is 14.3. The Kier molecular flexibility index (Phi) is 4.14. The molecule has 0 amide bonds. The molecule has 0 atom stereocenters. The van der Waals surface area contributed by atoms with E-state index in [1.165, 1.54) is 0 Å². The molecular weight excluding hydrogens is 332 g/mol. The van der Waals surface area contributed by atoms with Crippen molar-refractivity contribution in [2.75, 3.05) is 14.2 Å². The fourth-order valence-electron chi connectivity index (χ4n) is 2.72. The highest BCUT2D eigenvalue weighted by molar-refractivity contribution is 5.87. The molecule has 8 heteroatoms. The van der Waals surface area contributed by atoms with Gasteiger partial charge >= 0.3 is 0 Å². The Morgan fingerprint density at radius 3 is 2.58 bits per heavy atom. The Morgan fingerprint density at radius 1 is 1.04 bits per heavy atom. The van der Waals surface area contributed by atoms with E-state index in [9.17, 15) is 0 Å². The van der Waals surface area contributed by atoms with Crippen LogP contribution in [0.2, 0.25) is 0 Å². The topological polar surface area (TPSA) is 98.7 Å². The number of tetrazole rings is 1. The van der Waals surface area contributed by atoms with E-state index in [1.54, 1.807) is 20.4 Å². The monoisotopic (exact) mass is 348 g/mol. The molecule has 4 aromatic rings. The quantitative estimate of drug-likeness (QED) is 0.591. The van der Waals surface area contributed by atoms with E-state index in [0.717, 1.165) is 22.0 Å². The summed E-state index contributed by atoms with van der Waals surface area (Å²) in [6.45, 7) is 0. The maximum atomic E-state index is 5.40. The number of rotatable bonds is 5. The van der Waals surface area contributed by atoms with Crippen molar-refractivity contribution in [3.63, 3.8) is 0 Å². The highest BCUT2D eigenvalue weighted by Gasteiger charge is 2.10. The predicted octanol–water partition coefficient (Wildman–Crippen LogP) is 2.42. The van der Waals surface area contributed by atoms with Crippen molar-refractivity contribution in [3.8, 4) is 22.9 Å². The lowest BCUT2D eigenvalue weighted by Crippen LogP contribution is -1.95. The summed E-state index contributed by atoms with van der Waals surface area (Å²) in [5.41, 5.74) is 2.77. The van der Waals surface area contributed by atoms with E-state index < -0.39 is 0 Å². The minimum absolute atomic E-state index is 0.615. The number of H-pyrrole nitrogens is 1. The fraction of sp³-hybridized carbons (Fsp3) is 0.167. The molecule has 2 aromatic carbocycles. The summed E-state index contributed by atoms with van der Waals surface area (Å²) in [5, 5.41) is 14.8. The van der Waals surface area contributed by atoms with Crippen LogP contribution in [0, 0.1) is 0 Å². The largest absolute Gasteiger partial charge is 0.497 e. The molecule has 0 saturated carbocycles. The summed E-state index contributed by atoms with van der Waals surface area (Å²) < 4.78 is 10.7. The van der Waals surface area contributed by atoms with Gasteiger partial charge in [0.2, 0.25) is 0 Å². The number of hydrogen-bond acceptors (Lipinski definition) is 7. The molecule has 0 aliphatic heterocycles. The second kappa shape index (κ2) is 6.75. The maximum absolute atomic E-state index is 5.40. The molecule has 0 fully saturated rings. The van der Waals surface area contributed by atoms with E-state index in [0.29, 0.717) is 29.6 Å². The molecule has 0 unspecified atom stereocenters. The maximum Gasteiger partial charge on any atom is 0.178 e. The number of aromatic amines is 1. The van der Waals surface area contributed by atoms with Crippen molar-refractivity contribution < 1.29 is 9.47 Å². The lowest BCUT2D eigenvalue weighted by atomic mass is 10.1. The van der Waals surface area contributed by atoms with E-state index in [2.05, 4.69) is 30.6 Å². The molecule has 0 spiro atoms. The van der Waals surface area contributed by atoms with E-state index in [1.807, 2.05) is 36.4 Å². The van der Waals surface area contributed by atoms with Gasteiger partial charge in [-0.3, -0.25) is 0 Å². The summed E-state index contributed by atoms with van der Waals surface area (Å²) in [4.78, 5) is 9.13. The van der Waals surface area contributed by atoms with Crippen molar-refractivity contribution in [3.05, 3.63) is 54.0 Å². The molecule has 2 heterocycles. The second-order valence-electron chi connectivity index (χ2n) is 5.66. The summed E-state index contributed by atoms with van der Waals surface area (Å²) in [6, 6.07) is 11.7. The van der Waals surface area contributed by atoms with Gasteiger partial charge in [0.1, 0.15) is 11.5 Å². The number of methoxy groups -OCH3 is 2. The van der Waals surface area contributed by atoms with Crippen LogP contribution in [0.5, 0.6) is 11.5 Å². The van der Waals surface area contributed by atoms with Crippen molar-refractivity contribution in [1.29, 1.82) is 0 Å². The molecule has 8 nitrogen and oxygen atoms in total. The Morgan fingerprint density at radius 2 is 1.88 bits per heavy atom. The first-order chi connectivity index (χ1) is 12.8. The lowest BCUT2D eigenvalue weighted by molar-refractivity contribution is 0.397. The number of aromatic nitrogens is 6. The van der Waals surface area contributed by atoms with Crippen molar-refractivity contribution in [2.24, 2.45) is 0 Å². The van der Waals surface area contributed by atoms with Gasteiger partial charge in [0.15, 0.2) is 11.6 Å². The molecule has 0 radical (unpaired) electrons. The van der Waals surface area contributed by atoms with Crippen LogP contribution in [-0.2, 0) is 6.42 Å². The summed E-state index contributed by atoms with van der Waals surface area (Å²) in [6.07, 6.45) is 2.38. The van der Waals surface area contributed by atoms with Crippen LogP contribution in [0.25, 0.3) is 22.3 Å². The van der Waals surface area contributed by atoms with Crippen LogP contribution < -0.4 is 9.47 Å². The summed E-state index contributed by atoms with van der Waals surface area (Å²) >= 11 is 0. The third-order valence-corrected chi connectivity index (χ3v) is 4.06. The lowest BCUT2D eigenvalue weighted by Gasteiger charge is -2.09. The van der Waals surface area contributed by atoms with Gasteiger partial charge in [-0.15, -0.1) is 10.2 Å². The van der Waals surface area contributed by atoms with Gasteiger partial charge in [-0.1, -0.05) is 29.5 Å².